The molecule has 0 bridgehead atoms. The largest absolute Gasteiger partial charge is 0.508 e. The SMILES string of the molecule is COc1cc(O)c2c(=O)c3c(oc2c1)-c1ccc(O)cc1OC(C(C)(C)O)C3. The summed E-state index contributed by atoms with van der Waals surface area (Å²) >= 11 is 0. The van der Waals surface area contributed by atoms with Crippen LogP contribution in [0, 0.1) is 0 Å². The van der Waals surface area contributed by atoms with E-state index in [2.05, 4.69) is 0 Å². The van der Waals surface area contributed by atoms with Gasteiger partial charge in [0.25, 0.3) is 0 Å². The molecule has 0 saturated carbocycles. The zero-order valence-electron chi connectivity index (χ0n) is 15.6. The predicted octanol–water partition coefficient (Wildman–Crippen LogP) is 2.95. The number of hydrogen-bond acceptors (Lipinski definition) is 7. The molecule has 7 nitrogen and oxygen atoms in total. The second-order valence-electron chi connectivity index (χ2n) is 7.40. The van der Waals surface area contributed by atoms with E-state index in [1.807, 2.05) is 0 Å². The summed E-state index contributed by atoms with van der Waals surface area (Å²) in [5.74, 6) is 0.645. The maximum atomic E-state index is 13.2. The molecule has 2 heterocycles. The van der Waals surface area contributed by atoms with Gasteiger partial charge in [-0.05, 0) is 26.0 Å². The summed E-state index contributed by atoms with van der Waals surface area (Å²) in [6.45, 7) is 3.16. The molecule has 0 radical (unpaired) electrons. The smallest absolute Gasteiger partial charge is 0.200 e. The molecule has 1 aliphatic heterocycles. The van der Waals surface area contributed by atoms with Crippen LogP contribution in [-0.4, -0.2) is 34.1 Å². The molecule has 146 valence electrons. The maximum absolute atomic E-state index is 13.2. The highest BCUT2D eigenvalue weighted by molar-refractivity contribution is 5.88. The van der Waals surface area contributed by atoms with Crippen LogP contribution in [0.15, 0.2) is 39.5 Å². The Hall–Kier alpha value is -3.19. The molecule has 2 aromatic carbocycles. The fraction of sp³-hybridized carbons (Fsp3) is 0.286. The Morgan fingerprint density at radius 1 is 1.18 bits per heavy atom. The Labute approximate surface area is 160 Å². The van der Waals surface area contributed by atoms with Gasteiger partial charge in [-0.1, -0.05) is 0 Å². The number of benzene rings is 2. The Balaban J connectivity index is 2.09. The molecular weight excluding hydrogens is 364 g/mol. The molecule has 3 aromatic rings. The van der Waals surface area contributed by atoms with E-state index in [1.165, 1.54) is 31.4 Å². The normalized spacial score (nSPS) is 16.1. The van der Waals surface area contributed by atoms with Gasteiger partial charge in [-0.25, -0.2) is 0 Å². The quantitative estimate of drug-likeness (QED) is 0.623. The van der Waals surface area contributed by atoms with E-state index in [-0.39, 0.29) is 40.2 Å². The summed E-state index contributed by atoms with van der Waals surface area (Å²) in [4.78, 5) is 13.2. The highest BCUT2D eigenvalue weighted by Crippen LogP contribution is 2.41. The molecule has 0 spiro atoms. The number of rotatable bonds is 2. The van der Waals surface area contributed by atoms with Gasteiger partial charge in [0.1, 0.15) is 45.8 Å². The average molecular weight is 384 g/mol. The molecule has 0 fully saturated rings. The van der Waals surface area contributed by atoms with E-state index in [0.717, 1.165) is 0 Å². The second kappa shape index (κ2) is 6.17. The van der Waals surface area contributed by atoms with Gasteiger partial charge in [-0.15, -0.1) is 0 Å². The summed E-state index contributed by atoms with van der Waals surface area (Å²) in [7, 11) is 1.45. The Bertz CT molecular complexity index is 1140. The van der Waals surface area contributed by atoms with Gasteiger partial charge in [0.05, 0.1) is 18.3 Å². The molecular formula is C21H20O7. The molecule has 0 aliphatic carbocycles. The molecule has 1 unspecified atom stereocenters. The van der Waals surface area contributed by atoms with Crippen LogP contribution in [0.3, 0.4) is 0 Å². The lowest BCUT2D eigenvalue weighted by molar-refractivity contribution is -0.0322. The van der Waals surface area contributed by atoms with Crippen LogP contribution in [0.1, 0.15) is 19.4 Å². The average Bonchev–Trinajstić information content (AvgIpc) is 2.77. The minimum Gasteiger partial charge on any atom is -0.508 e. The van der Waals surface area contributed by atoms with Crippen molar-refractivity contribution in [2.24, 2.45) is 0 Å². The summed E-state index contributed by atoms with van der Waals surface area (Å²) in [6, 6.07) is 7.33. The third-order valence-electron chi connectivity index (χ3n) is 4.93. The molecule has 0 saturated heterocycles. The standard InChI is InChI=1S/C21H20O7/c1-21(2,25)17-9-13-19(24)18-14(23)7-11(26-3)8-16(18)28-20(13)12-5-4-10(22)6-15(12)27-17/h4-8,17,22-23,25H,9H2,1-3H3. The zero-order chi connectivity index (χ0) is 20.2. The van der Waals surface area contributed by atoms with Crippen LogP contribution >= 0.6 is 0 Å². The number of methoxy groups -OCH3 is 1. The first-order chi connectivity index (χ1) is 13.2. The lowest BCUT2D eigenvalue weighted by atomic mass is 9.93. The van der Waals surface area contributed by atoms with Crippen LogP contribution in [0.5, 0.6) is 23.0 Å². The van der Waals surface area contributed by atoms with Crippen LogP contribution in [0.25, 0.3) is 22.3 Å². The van der Waals surface area contributed by atoms with Crippen molar-refractivity contribution in [3.05, 3.63) is 46.1 Å². The van der Waals surface area contributed by atoms with Crippen molar-refractivity contribution in [1.29, 1.82) is 0 Å². The Kier molecular flexibility index (Phi) is 4.01. The van der Waals surface area contributed by atoms with Crippen molar-refractivity contribution in [2.75, 3.05) is 7.11 Å². The third-order valence-corrected chi connectivity index (χ3v) is 4.93. The lowest BCUT2D eigenvalue weighted by Crippen LogP contribution is -2.42. The Morgan fingerprint density at radius 3 is 2.61 bits per heavy atom. The van der Waals surface area contributed by atoms with E-state index in [0.29, 0.717) is 17.1 Å². The van der Waals surface area contributed by atoms with Gasteiger partial charge < -0.3 is 29.2 Å². The monoisotopic (exact) mass is 384 g/mol. The first-order valence-corrected chi connectivity index (χ1v) is 8.78. The number of ether oxygens (including phenoxy) is 2. The minimum atomic E-state index is -1.27. The second-order valence-corrected chi connectivity index (χ2v) is 7.40. The molecule has 3 N–H and O–H groups in total. The molecule has 4 rings (SSSR count). The summed E-state index contributed by atoms with van der Waals surface area (Å²) in [6.07, 6.45) is -0.701. The third kappa shape index (κ3) is 2.84. The van der Waals surface area contributed by atoms with Crippen molar-refractivity contribution in [2.45, 2.75) is 32.0 Å². The van der Waals surface area contributed by atoms with Gasteiger partial charge in [-0.2, -0.15) is 0 Å². The molecule has 28 heavy (non-hydrogen) atoms. The minimum absolute atomic E-state index is 0.0147. The number of aromatic hydroxyl groups is 2. The Morgan fingerprint density at radius 2 is 1.93 bits per heavy atom. The van der Waals surface area contributed by atoms with E-state index in [9.17, 15) is 20.1 Å². The number of hydrogen-bond donors (Lipinski definition) is 3. The van der Waals surface area contributed by atoms with Gasteiger partial charge in [0.15, 0.2) is 5.43 Å². The van der Waals surface area contributed by atoms with E-state index in [4.69, 9.17) is 13.9 Å². The fourth-order valence-corrected chi connectivity index (χ4v) is 3.40. The van der Waals surface area contributed by atoms with E-state index >= 15 is 0 Å². The predicted molar refractivity (Wildman–Crippen MR) is 102 cm³/mol. The van der Waals surface area contributed by atoms with Crippen molar-refractivity contribution in [3.8, 4) is 34.3 Å². The lowest BCUT2D eigenvalue weighted by Gasteiger charge is -2.28. The van der Waals surface area contributed by atoms with Gasteiger partial charge >= 0.3 is 0 Å². The molecule has 7 heteroatoms. The van der Waals surface area contributed by atoms with Crippen molar-refractivity contribution < 1.29 is 29.2 Å². The first kappa shape index (κ1) is 18.2. The highest BCUT2D eigenvalue weighted by Gasteiger charge is 2.36. The molecule has 1 atom stereocenters. The van der Waals surface area contributed by atoms with Crippen LogP contribution in [0.4, 0.5) is 0 Å². The zero-order valence-corrected chi connectivity index (χ0v) is 15.6. The number of fused-ring (bicyclic) bond motifs is 4. The van der Waals surface area contributed by atoms with Crippen LogP contribution < -0.4 is 14.9 Å². The topological polar surface area (TPSA) is 109 Å². The molecule has 1 aromatic heterocycles. The summed E-state index contributed by atoms with van der Waals surface area (Å²) in [5.41, 5.74) is -0.754. The van der Waals surface area contributed by atoms with Gasteiger partial charge in [0.2, 0.25) is 0 Å². The van der Waals surface area contributed by atoms with Crippen LogP contribution in [0.2, 0.25) is 0 Å². The highest BCUT2D eigenvalue weighted by atomic mass is 16.5. The number of phenolic OH excluding ortho intramolecular Hbond substituents is 2. The van der Waals surface area contributed by atoms with Crippen molar-refractivity contribution in [1.82, 2.24) is 0 Å². The maximum Gasteiger partial charge on any atom is 0.200 e. The summed E-state index contributed by atoms with van der Waals surface area (Å²) in [5, 5.41) is 30.8. The van der Waals surface area contributed by atoms with Crippen molar-refractivity contribution >= 4 is 11.0 Å². The van der Waals surface area contributed by atoms with E-state index in [1.54, 1.807) is 19.9 Å². The fourth-order valence-electron chi connectivity index (χ4n) is 3.40. The number of phenols is 2. The molecule has 0 amide bonds. The van der Waals surface area contributed by atoms with Crippen molar-refractivity contribution in [3.63, 3.8) is 0 Å². The summed E-state index contributed by atoms with van der Waals surface area (Å²) < 4.78 is 17.1. The van der Waals surface area contributed by atoms with E-state index < -0.39 is 17.1 Å². The number of aliphatic hydroxyl groups is 1. The first-order valence-electron chi connectivity index (χ1n) is 8.78. The van der Waals surface area contributed by atoms with Crippen LogP contribution in [-0.2, 0) is 6.42 Å². The van der Waals surface area contributed by atoms with Gasteiger partial charge in [0, 0.05) is 30.2 Å². The van der Waals surface area contributed by atoms with Gasteiger partial charge in [-0.3, -0.25) is 4.79 Å². The molecule has 1 aliphatic rings.